The number of hydrogen-bond acceptors (Lipinski definition) is 4. The lowest BCUT2D eigenvalue weighted by Gasteiger charge is -2.26. The number of hydrogen-bond donors (Lipinski definition) is 1. The van der Waals surface area contributed by atoms with Crippen molar-refractivity contribution in [2.24, 2.45) is 5.73 Å². The Hall–Kier alpha value is -0.910. The largest absolute Gasteiger partial charge is 0.377 e. The number of nitrogens with zero attached hydrogens (tertiary/aromatic N) is 2. The van der Waals surface area contributed by atoms with Gasteiger partial charge < -0.3 is 10.5 Å². The van der Waals surface area contributed by atoms with E-state index in [0.717, 1.165) is 30.1 Å². The van der Waals surface area contributed by atoms with Crippen molar-refractivity contribution in [1.82, 2.24) is 9.38 Å². The minimum Gasteiger partial charge on any atom is -0.377 e. The molecule has 0 spiro atoms. The zero-order valence-corrected chi connectivity index (χ0v) is 10.0. The maximum atomic E-state index is 6.35. The summed E-state index contributed by atoms with van der Waals surface area (Å²) in [4.78, 5) is 5.59. The van der Waals surface area contributed by atoms with Crippen LogP contribution in [-0.2, 0) is 11.2 Å². The van der Waals surface area contributed by atoms with Crippen LogP contribution in [0.1, 0.15) is 19.0 Å². The summed E-state index contributed by atoms with van der Waals surface area (Å²) in [5, 5.41) is 2.03. The summed E-state index contributed by atoms with van der Waals surface area (Å²) < 4.78 is 7.58. The van der Waals surface area contributed by atoms with Crippen molar-refractivity contribution >= 4 is 16.3 Å². The van der Waals surface area contributed by atoms with E-state index in [-0.39, 0.29) is 11.6 Å². The highest BCUT2D eigenvalue weighted by Crippen LogP contribution is 2.27. The zero-order valence-electron chi connectivity index (χ0n) is 9.22. The highest BCUT2D eigenvalue weighted by atomic mass is 32.1. The van der Waals surface area contributed by atoms with Crippen LogP contribution in [0.25, 0.3) is 4.96 Å². The van der Waals surface area contributed by atoms with Gasteiger partial charge in [-0.1, -0.05) is 0 Å². The van der Waals surface area contributed by atoms with Crippen molar-refractivity contribution in [1.29, 1.82) is 0 Å². The van der Waals surface area contributed by atoms with Gasteiger partial charge in [0.05, 0.1) is 11.8 Å². The van der Waals surface area contributed by atoms with E-state index < -0.39 is 0 Å². The molecule has 2 atom stereocenters. The predicted octanol–water partition coefficient (Wildman–Crippen LogP) is 1.44. The minimum absolute atomic E-state index is 0.118. The Bertz CT molecular complexity index is 478. The van der Waals surface area contributed by atoms with Gasteiger partial charge in [-0.3, -0.25) is 4.40 Å². The molecule has 5 heteroatoms. The highest BCUT2D eigenvalue weighted by Gasteiger charge is 2.38. The fourth-order valence-corrected chi connectivity index (χ4v) is 2.94. The number of thiazole rings is 1. The van der Waals surface area contributed by atoms with Gasteiger partial charge in [-0.15, -0.1) is 11.3 Å². The molecule has 0 amide bonds. The van der Waals surface area contributed by atoms with Crippen LogP contribution < -0.4 is 5.73 Å². The second kappa shape index (κ2) is 3.55. The Morgan fingerprint density at radius 1 is 1.75 bits per heavy atom. The van der Waals surface area contributed by atoms with Crippen LogP contribution in [-0.4, -0.2) is 27.6 Å². The quantitative estimate of drug-likeness (QED) is 0.860. The van der Waals surface area contributed by atoms with E-state index in [1.165, 1.54) is 0 Å². The first-order valence-electron chi connectivity index (χ1n) is 5.49. The van der Waals surface area contributed by atoms with Crippen molar-refractivity contribution < 1.29 is 4.74 Å². The van der Waals surface area contributed by atoms with Gasteiger partial charge in [-0.25, -0.2) is 4.98 Å². The van der Waals surface area contributed by atoms with Crippen LogP contribution in [0.2, 0.25) is 0 Å². The van der Waals surface area contributed by atoms with E-state index in [1.807, 2.05) is 22.9 Å². The van der Waals surface area contributed by atoms with Crippen molar-refractivity contribution in [3.05, 3.63) is 23.5 Å². The smallest absolute Gasteiger partial charge is 0.193 e. The Balaban J connectivity index is 1.86. The summed E-state index contributed by atoms with van der Waals surface area (Å²) in [5.41, 5.74) is 7.17. The molecule has 3 rings (SSSR count). The molecule has 86 valence electrons. The molecule has 3 heterocycles. The topological polar surface area (TPSA) is 52.5 Å². The molecular formula is C11H15N3OS. The van der Waals surface area contributed by atoms with E-state index in [9.17, 15) is 0 Å². The Morgan fingerprint density at radius 3 is 3.31 bits per heavy atom. The Labute approximate surface area is 98.0 Å². The number of ether oxygens (including phenoxy) is 1. The number of imidazole rings is 1. The third-order valence-electron chi connectivity index (χ3n) is 3.40. The van der Waals surface area contributed by atoms with E-state index in [2.05, 4.69) is 11.2 Å². The summed E-state index contributed by atoms with van der Waals surface area (Å²) in [7, 11) is 0. The van der Waals surface area contributed by atoms with Gasteiger partial charge in [0.2, 0.25) is 0 Å². The molecule has 0 aliphatic carbocycles. The summed E-state index contributed by atoms with van der Waals surface area (Å²) >= 11 is 1.65. The first-order chi connectivity index (χ1) is 7.67. The molecule has 0 radical (unpaired) electrons. The molecular weight excluding hydrogens is 222 g/mol. The number of rotatable bonds is 2. The predicted molar refractivity (Wildman–Crippen MR) is 63.7 cm³/mol. The lowest BCUT2D eigenvalue weighted by atomic mass is 9.88. The number of fused-ring (bicyclic) bond motifs is 1. The summed E-state index contributed by atoms with van der Waals surface area (Å²) in [5.74, 6) is 0. The molecule has 2 N–H and O–H groups in total. The van der Waals surface area contributed by atoms with Crippen molar-refractivity contribution in [2.45, 2.75) is 31.4 Å². The molecule has 2 aromatic rings. The van der Waals surface area contributed by atoms with Crippen molar-refractivity contribution in [3.8, 4) is 0 Å². The third-order valence-corrected chi connectivity index (χ3v) is 4.17. The van der Waals surface area contributed by atoms with E-state index in [0.29, 0.717) is 0 Å². The van der Waals surface area contributed by atoms with Gasteiger partial charge in [0.1, 0.15) is 0 Å². The van der Waals surface area contributed by atoms with Gasteiger partial charge in [0.25, 0.3) is 0 Å². The van der Waals surface area contributed by atoms with E-state index in [1.54, 1.807) is 11.3 Å². The molecule has 1 aliphatic heterocycles. The van der Waals surface area contributed by atoms with Gasteiger partial charge in [0.15, 0.2) is 4.96 Å². The zero-order chi connectivity index (χ0) is 11.2. The molecule has 2 aromatic heterocycles. The van der Waals surface area contributed by atoms with Crippen LogP contribution >= 0.6 is 11.3 Å². The molecule has 2 unspecified atom stereocenters. The SMILES string of the molecule is CC1OCCC1(N)Cc1cn2ccsc2n1. The standard InChI is InChI=1S/C11H15N3OS/c1-8-11(12,2-4-15-8)6-9-7-14-3-5-16-10(14)13-9/h3,5,7-8H,2,4,6,12H2,1H3. The molecule has 1 fully saturated rings. The molecule has 1 aliphatic rings. The summed E-state index contributed by atoms with van der Waals surface area (Å²) in [6, 6.07) is 0. The normalized spacial score (nSPS) is 30.2. The van der Waals surface area contributed by atoms with Crippen molar-refractivity contribution in [2.75, 3.05) is 6.61 Å². The van der Waals surface area contributed by atoms with Crippen LogP contribution in [0.15, 0.2) is 17.8 Å². The number of nitrogens with two attached hydrogens (primary N) is 1. The third kappa shape index (κ3) is 1.55. The molecule has 0 aromatic carbocycles. The van der Waals surface area contributed by atoms with Gasteiger partial charge >= 0.3 is 0 Å². The van der Waals surface area contributed by atoms with Gasteiger partial charge in [-0.2, -0.15) is 0 Å². The molecule has 0 bridgehead atoms. The maximum absolute atomic E-state index is 6.35. The first kappa shape index (κ1) is 10.3. The lowest BCUT2D eigenvalue weighted by Crippen LogP contribution is -2.48. The second-order valence-electron chi connectivity index (χ2n) is 4.50. The maximum Gasteiger partial charge on any atom is 0.193 e. The minimum atomic E-state index is -0.246. The Kier molecular flexibility index (Phi) is 2.27. The molecule has 4 nitrogen and oxygen atoms in total. The van der Waals surface area contributed by atoms with E-state index in [4.69, 9.17) is 10.5 Å². The number of aromatic nitrogens is 2. The van der Waals surface area contributed by atoms with Crippen LogP contribution in [0.4, 0.5) is 0 Å². The van der Waals surface area contributed by atoms with E-state index >= 15 is 0 Å². The molecule has 16 heavy (non-hydrogen) atoms. The first-order valence-corrected chi connectivity index (χ1v) is 6.37. The fourth-order valence-electron chi connectivity index (χ4n) is 2.23. The average Bonchev–Trinajstić information content (AvgIpc) is 2.83. The summed E-state index contributed by atoms with van der Waals surface area (Å²) in [6.45, 7) is 2.81. The summed E-state index contributed by atoms with van der Waals surface area (Å²) in [6.07, 6.45) is 5.91. The van der Waals surface area contributed by atoms with Crippen LogP contribution in [0, 0.1) is 0 Å². The fraction of sp³-hybridized carbons (Fsp3) is 0.545. The molecule has 0 saturated carbocycles. The highest BCUT2D eigenvalue weighted by molar-refractivity contribution is 7.15. The average molecular weight is 237 g/mol. The van der Waals surface area contributed by atoms with Crippen LogP contribution in [0.3, 0.4) is 0 Å². The Morgan fingerprint density at radius 2 is 2.62 bits per heavy atom. The lowest BCUT2D eigenvalue weighted by molar-refractivity contribution is 0.0953. The molecule has 1 saturated heterocycles. The second-order valence-corrected chi connectivity index (χ2v) is 5.37. The van der Waals surface area contributed by atoms with Gasteiger partial charge in [-0.05, 0) is 13.3 Å². The van der Waals surface area contributed by atoms with Gasteiger partial charge in [0, 0.05) is 36.3 Å². The van der Waals surface area contributed by atoms with Crippen molar-refractivity contribution in [3.63, 3.8) is 0 Å². The van der Waals surface area contributed by atoms with Crippen LogP contribution in [0.5, 0.6) is 0 Å². The monoisotopic (exact) mass is 237 g/mol.